The summed E-state index contributed by atoms with van der Waals surface area (Å²) in [5, 5.41) is 9.12. The Labute approximate surface area is 135 Å². The van der Waals surface area contributed by atoms with Crippen LogP contribution in [0.15, 0.2) is 18.2 Å². The summed E-state index contributed by atoms with van der Waals surface area (Å²) >= 11 is 0. The predicted octanol–water partition coefficient (Wildman–Crippen LogP) is 5.98. The van der Waals surface area contributed by atoms with Crippen molar-refractivity contribution in [2.75, 3.05) is 6.61 Å². The summed E-state index contributed by atoms with van der Waals surface area (Å²) in [5.74, 6) is -0.342. The van der Waals surface area contributed by atoms with Gasteiger partial charge in [-0.3, -0.25) is 0 Å². The summed E-state index contributed by atoms with van der Waals surface area (Å²) in [7, 11) is -0.847. The minimum atomic E-state index is -0.847. The van der Waals surface area contributed by atoms with Crippen LogP contribution in [0.4, 0.5) is 4.39 Å². The number of phenolic OH excluding ortho intramolecular Hbond substituents is 1. The molecule has 0 radical (unpaired) electrons. The second-order valence-corrected chi connectivity index (χ2v) is 12.9. The van der Waals surface area contributed by atoms with E-state index in [4.69, 9.17) is 9.84 Å². The van der Waals surface area contributed by atoms with Crippen LogP contribution in [-0.2, 0) is 0 Å². The van der Waals surface area contributed by atoms with E-state index in [1.54, 1.807) is 0 Å². The van der Waals surface area contributed by atoms with Gasteiger partial charge in [-0.05, 0) is 18.6 Å². The maximum absolute atomic E-state index is 13.4. The summed E-state index contributed by atoms with van der Waals surface area (Å²) < 4.78 is 18.8. The molecule has 22 heavy (non-hydrogen) atoms. The number of phenols is 1. The summed E-state index contributed by atoms with van der Waals surface area (Å²) in [6.07, 6.45) is 8.69. The fourth-order valence-corrected chi connectivity index (χ4v) is 3.74. The first-order valence-electron chi connectivity index (χ1n) is 8.50. The van der Waals surface area contributed by atoms with E-state index in [0.29, 0.717) is 6.61 Å². The van der Waals surface area contributed by atoms with Gasteiger partial charge in [-0.15, -0.1) is 0 Å². The molecule has 0 unspecified atom stereocenters. The number of unbranched alkanes of at least 4 members (excludes halogenated alkanes) is 6. The van der Waals surface area contributed by atoms with Crippen molar-refractivity contribution in [3.63, 3.8) is 0 Å². The van der Waals surface area contributed by atoms with Gasteiger partial charge in [-0.1, -0.05) is 64.2 Å². The van der Waals surface area contributed by atoms with Crippen LogP contribution in [0.25, 0.3) is 0 Å². The number of aromatic hydroxyl groups is 1. The molecule has 4 heteroatoms. The summed E-state index contributed by atoms with van der Waals surface area (Å²) in [6.45, 7) is 7.84. The molecule has 0 saturated carbocycles. The Morgan fingerprint density at radius 1 is 0.955 bits per heavy atom. The molecule has 126 valence electrons. The third-order valence-electron chi connectivity index (χ3n) is 3.74. The topological polar surface area (TPSA) is 29.5 Å². The highest BCUT2D eigenvalue weighted by molar-refractivity contribution is 6.76. The van der Waals surface area contributed by atoms with E-state index in [-0.39, 0.29) is 11.5 Å². The second kappa shape index (κ2) is 9.88. The van der Waals surface area contributed by atoms with Gasteiger partial charge in [-0.25, -0.2) is 4.39 Å². The molecule has 0 bridgehead atoms. The smallest absolute Gasteiger partial charge is 0.168 e. The van der Waals surface area contributed by atoms with E-state index in [1.807, 2.05) is 0 Å². The van der Waals surface area contributed by atoms with E-state index in [2.05, 4.69) is 19.6 Å². The van der Waals surface area contributed by atoms with Crippen LogP contribution >= 0.6 is 0 Å². The maximum atomic E-state index is 13.4. The van der Waals surface area contributed by atoms with Gasteiger partial charge < -0.3 is 9.84 Å². The fourth-order valence-electron chi connectivity index (χ4n) is 2.43. The molecule has 0 spiro atoms. The average molecular weight is 327 g/mol. The first-order chi connectivity index (χ1) is 10.4. The Balaban J connectivity index is 1.96. The van der Waals surface area contributed by atoms with Gasteiger partial charge in [0.05, 0.1) is 6.61 Å². The molecule has 1 aromatic rings. The average Bonchev–Trinajstić information content (AvgIpc) is 2.41. The molecule has 0 aromatic heterocycles. The molecule has 0 aliphatic carbocycles. The van der Waals surface area contributed by atoms with Crippen molar-refractivity contribution in [1.29, 1.82) is 0 Å². The van der Waals surface area contributed by atoms with E-state index in [0.717, 1.165) is 18.9 Å². The Kier molecular flexibility index (Phi) is 8.54. The highest BCUT2D eigenvalue weighted by atomic mass is 28.3. The Bertz CT molecular complexity index is 430. The SMILES string of the molecule is C[Si](C)(C)CCCCCCCCCOc1ccc(O)cc1F. The van der Waals surface area contributed by atoms with Gasteiger partial charge >= 0.3 is 0 Å². The van der Waals surface area contributed by atoms with Crippen LogP contribution in [0.5, 0.6) is 11.5 Å². The van der Waals surface area contributed by atoms with Crippen LogP contribution in [0.1, 0.15) is 44.9 Å². The number of hydrogen-bond donors (Lipinski definition) is 1. The molecule has 1 N–H and O–H groups in total. The summed E-state index contributed by atoms with van der Waals surface area (Å²) in [6, 6.07) is 5.44. The van der Waals surface area contributed by atoms with Gasteiger partial charge in [0.1, 0.15) is 5.75 Å². The predicted molar refractivity (Wildman–Crippen MR) is 94.0 cm³/mol. The number of rotatable bonds is 11. The zero-order chi connectivity index (χ0) is 16.4. The Hall–Kier alpha value is -1.03. The number of benzene rings is 1. The lowest BCUT2D eigenvalue weighted by Gasteiger charge is -2.14. The third-order valence-corrected chi connectivity index (χ3v) is 5.60. The van der Waals surface area contributed by atoms with Crippen molar-refractivity contribution in [1.82, 2.24) is 0 Å². The molecule has 0 aliphatic heterocycles. The Morgan fingerprint density at radius 2 is 1.55 bits per heavy atom. The summed E-state index contributed by atoms with van der Waals surface area (Å²) in [5.41, 5.74) is 0. The molecule has 0 saturated heterocycles. The standard InChI is InChI=1S/C18H31FO2Si/c1-22(2,3)14-10-8-6-4-5-7-9-13-21-18-12-11-16(20)15-17(18)19/h11-12,15,20H,4-10,13-14H2,1-3H3. The molecular formula is C18H31FO2Si. The minimum absolute atomic E-state index is 0.0704. The molecule has 1 rings (SSSR count). The van der Waals surface area contributed by atoms with Crippen molar-refractivity contribution < 1.29 is 14.2 Å². The lowest BCUT2D eigenvalue weighted by molar-refractivity contribution is 0.289. The highest BCUT2D eigenvalue weighted by Gasteiger charge is 2.11. The molecule has 0 heterocycles. The van der Waals surface area contributed by atoms with Crippen molar-refractivity contribution in [3.8, 4) is 11.5 Å². The van der Waals surface area contributed by atoms with Gasteiger partial charge in [0, 0.05) is 14.1 Å². The molecule has 0 amide bonds. The number of ether oxygens (including phenoxy) is 1. The zero-order valence-electron chi connectivity index (χ0n) is 14.3. The number of halogens is 1. The first kappa shape index (κ1) is 19.0. The van der Waals surface area contributed by atoms with Crippen LogP contribution in [-0.4, -0.2) is 19.8 Å². The van der Waals surface area contributed by atoms with Crippen molar-refractivity contribution in [3.05, 3.63) is 24.0 Å². The molecular weight excluding hydrogens is 295 g/mol. The van der Waals surface area contributed by atoms with Crippen LogP contribution in [0.3, 0.4) is 0 Å². The highest BCUT2D eigenvalue weighted by Crippen LogP contribution is 2.22. The molecule has 0 fully saturated rings. The van der Waals surface area contributed by atoms with E-state index >= 15 is 0 Å². The normalized spacial score (nSPS) is 11.6. The van der Waals surface area contributed by atoms with Gasteiger partial charge in [0.25, 0.3) is 0 Å². The second-order valence-electron chi connectivity index (χ2n) is 7.25. The lowest BCUT2D eigenvalue weighted by Crippen LogP contribution is -2.18. The van der Waals surface area contributed by atoms with Crippen molar-refractivity contribution in [2.45, 2.75) is 70.6 Å². The summed E-state index contributed by atoms with van der Waals surface area (Å²) in [4.78, 5) is 0. The van der Waals surface area contributed by atoms with Gasteiger partial charge in [-0.2, -0.15) is 0 Å². The van der Waals surface area contributed by atoms with Crippen LogP contribution in [0.2, 0.25) is 25.7 Å². The first-order valence-corrected chi connectivity index (χ1v) is 12.2. The fraction of sp³-hybridized carbons (Fsp3) is 0.667. The maximum Gasteiger partial charge on any atom is 0.168 e. The Morgan fingerprint density at radius 3 is 2.14 bits per heavy atom. The van der Waals surface area contributed by atoms with E-state index in [9.17, 15) is 4.39 Å². The van der Waals surface area contributed by atoms with Crippen molar-refractivity contribution in [2.24, 2.45) is 0 Å². The van der Waals surface area contributed by atoms with Crippen LogP contribution < -0.4 is 4.74 Å². The molecule has 1 aromatic carbocycles. The lowest BCUT2D eigenvalue weighted by atomic mass is 10.1. The number of hydrogen-bond acceptors (Lipinski definition) is 2. The molecule has 0 aliphatic rings. The van der Waals surface area contributed by atoms with E-state index in [1.165, 1.54) is 50.3 Å². The largest absolute Gasteiger partial charge is 0.508 e. The quantitative estimate of drug-likeness (QED) is 0.400. The van der Waals surface area contributed by atoms with Crippen molar-refractivity contribution >= 4 is 8.07 Å². The molecule has 2 nitrogen and oxygen atoms in total. The van der Waals surface area contributed by atoms with Gasteiger partial charge in [0.15, 0.2) is 11.6 Å². The minimum Gasteiger partial charge on any atom is -0.508 e. The van der Waals surface area contributed by atoms with Gasteiger partial charge in [0.2, 0.25) is 0 Å². The molecule has 0 atom stereocenters. The van der Waals surface area contributed by atoms with Crippen LogP contribution in [0, 0.1) is 5.82 Å². The zero-order valence-corrected chi connectivity index (χ0v) is 15.3. The third kappa shape index (κ3) is 9.08. The van der Waals surface area contributed by atoms with E-state index < -0.39 is 13.9 Å². The monoisotopic (exact) mass is 326 g/mol.